The number of hydrogen-bond acceptors (Lipinski definition) is 9. The highest BCUT2D eigenvalue weighted by molar-refractivity contribution is 5.40. The van der Waals surface area contributed by atoms with Crippen LogP contribution in [0.2, 0.25) is 0 Å². The van der Waals surface area contributed by atoms with Crippen molar-refractivity contribution < 1.29 is 9.47 Å². The second-order valence-electron chi connectivity index (χ2n) is 6.89. The van der Waals surface area contributed by atoms with Gasteiger partial charge < -0.3 is 19.3 Å². The molecule has 0 unspecified atom stereocenters. The number of aromatic nitrogens is 5. The molecule has 1 aliphatic rings. The van der Waals surface area contributed by atoms with Crippen molar-refractivity contribution in [2.75, 3.05) is 37.0 Å². The highest BCUT2D eigenvalue weighted by atomic mass is 16.5. The highest BCUT2D eigenvalue weighted by Gasteiger charge is 2.19. The van der Waals surface area contributed by atoms with E-state index in [1.165, 1.54) is 0 Å². The summed E-state index contributed by atoms with van der Waals surface area (Å²) in [6.45, 7) is 2.29. The van der Waals surface area contributed by atoms with E-state index in [-0.39, 0.29) is 6.01 Å². The predicted octanol–water partition coefficient (Wildman–Crippen LogP) is 2.70. The lowest BCUT2D eigenvalue weighted by atomic mass is 10.2. The average molecular weight is 393 g/mol. The first-order valence-electron chi connectivity index (χ1n) is 9.54. The molecule has 0 aliphatic carbocycles. The fourth-order valence-electron chi connectivity index (χ4n) is 2.90. The van der Waals surface area contributed by atoms with Gasteiger partial charge in [0.1, 0.15) is 6.61 Å². The van der Waals surface area contributed by atoms with Crippen molar-refractivity contribution in [1.29, 1.82) is 0 Å². The zero-order valence-electron chi connectivity index (χ0n) is 16.5. The van der Waals surface area contributed by atoms with Gasteiger partial charge >= 0.3 is 6.01 Å². The first-order valence-corrected chi connectivity index (χ1v) is 9.54. The van der Waals surface area contributed by atoms with Crippen LogP contribution < -0.4 is 19.3 Å². The first-order chi connectivity index (χ1) is 14.2. The van der Waals surface area contributed by atoms with Crippen molar-refractivity contribution in [2.24, 2.45) is 0 Å². The van der Waals surface area contributed by atoms with Gasteiger partial charge in [0.25, 0.3) is 0 Å². The highest BCUT2D eigenvalue weighted by Crippen LogP contribution is 2.23. The second-order valence-corrected chi connectivity index (χ2v) is 6.89. The lowest BCUT2D eigenvalue weighted by molar-refractivity contribution is 0.287. The summed E-state index contributed by atoms with van der Waals surface area (Å²) in [7, 11) is 3.76. The molecule has 9 heteroatoms. The number of nitrogens with zero attached hydrogens (tertiary/aromatic N) is 7. The van der Waals surface area contributed by atoms with Gasteiger partial charge in [0.15, 0.2) is 0 Å². The van der Waals surface area contributed by atoms with E-state index in [0.717, 1.165) is 31.5 Å². The lowest BCUT2D eigenvalue weighted by Crippen LogP contribution is -2.23. The SMILES string of the molecule is CN(C)c1nc(Oc2ccc(OCc3ccccc3)nn2)nc(N2CCCC2)n1. The monoisotopic (exact) mass is 393 g/mol. The molecule has 0 bridgehead atoms. The Morgan fingerprint density at radius 3 is 2.31 bits per heavy atom. The number of hydrogen-bond donors (Lipinski definition) is 0. The topological polar surface area (TPSA) is 89.4 Å². The van der Waals surface area contributed by atoms with Crippen LogP contribution in [0.4, 0.5) is 11.9 Å². The molecule has 4 rings (SSSR count). The Balaban J connectivity index is 1.45. The normalized spacial score (nSPS) is 13.4. The molecule has 3 aromatic rings. The quantitative estimate of drug-likeness (QED) is 0.601. The summed E-state index contributed by atoms with van der Waals surface area (Å²) in [5, 5.41) is 8.12. The molecule has 29 heavy (non-hydrogen) atoms. The molecule has 0 radical (unpaired) electrons. The van der Waals surface area contributed by atoms with Crippen molar-refractivity contribution in [2.45, 2.75) is 19.4 Å². The molecule has 0 spiro atoms. The largest absolute Gasteiger partial charge is 0.472 e. The fraction of sp³-hybridized carbons (Fsp3) is 0.350. The van der Waals surface area contributed by atoms with Crippen LogP contribution in [0.5, 0.6) is 17.8 Å². The van der Waals surface area contributed by atoms with Gasteiger partial charge in [-0.15, -0.1) is 10.2 Å². The first kappa shape index (κ1) is 18.9. The molecule has 0 N–H and O–H groups in total. The standard InChI is InChI=1S/C20H23N7O2/c1-26(2)18-21-19(27-12-6-7-13-27)23-20(22-18)29-17-11-10-16(24-25-17)28-14-15-8-4-3-5-9-15/h3-5,8-11H,6-7,12-14H2,1-2H3. The average Bonchev–Trinajstić information content (AvgIpc) is 3.29. The van der Waals surface area contributed by atoms with Gasteiger partial charge in [0.05, 0.1) is 0 Å². The maximum Gasteiger partial charge on any atom is 0.330 e. The zero-order valence-corrected chi connectivity index (χ0v) is 16.5. The fourth-order valence-corrected chi connectivity index (χ4v) is 2.90. The van der Waals surface area contributed by atoms with Gasteiger partial charge in [-0.1, -0.05) is 30.3 Å². The van der Waals surface area contributed by atoms with Crippen LogP contribution in [0.1, 0.15) is 18.4 Å². The van der Waals surface area contributed by atoms with Crippen molar-refractivity contribution in [3.63, 3.8) is 0 Å². The van der Waals surface area contributed by atoms with Crippen molar-refractivity contribution in [3.05, 3.63) is 48.0 Å². The Morgan fingerprint density at radius 2 is 1.62 bits per heavy atom. The third-order valence-corrected chi connectivity index (χ3v) is 4.42. The Kier molecular flexibility index (Phi) is 5.64. The molecular weight excluding hydrogens is 370 g/mol. The molecule has 150 valence electrons. The summed E-state index contributed by atoms with van der Waals surface area (Å²) < 4.78 is 11.4. The minimum atomic E-state index is 0.192. The maximum atomic E-state index is 5.74. The van der Waals surface area contributed by atoms with Gasteiger partial charge in [-0.3, -0.25) is 0 Å². The summed E-state index contributed by atoms with van der Waals surface area (Å²) in [5.74, 6) is 1.86. The van der Waals surface area contributed by atoms with Crippen LogP contribution in [0, 0.1) is 0 Å². The summed E-state index contributed by atoms with van der Waals surface area (Å²) in [5.41, 5.74) is 1.06. The summed E-state index contributed by atoms with van der Waals surface area (Å²) >= 11 is 0. The molecule has 1 aromatic carbocycles. The molecule has 1 fully saturated rings. The molecule has 1 aliphatic heterocycles. The number of ether oxygens (including phenoxy) is 2. The minimum Gasteiger partial charge on any atom is -0.472 e. The third kappa shape index (κ3) is 4.87. The van der Waals surface area contributed by atoms with Crippen LogP contribution in [-0.2, 0) is 6.61 Å². The summed E-state index contributed by atoms with van der Waals surface area (Å²) in [6.07, 6.45) is 2.27. The van der Waals surface area contributed by atoms with E-state index in [0.29, 0.717) is 30.3 Å². The minimum absolute atomic E-state index is 0.192. The van der Waals surface area contributed by atoms with Gasteiger partial charge in [-0.05, 0) is 18.4 Å². The van der Waals surface area contributed by atoms with Crippen LogP contribution in [0.3, 0.4) is 0 Å². The Bertz CT molecular complexity index is 929. The van der Waals surface area contributed by atoms with Crippen molar-refractivity contribution in [3.8, 4) is 17.8 Å². The molecular formula is C20H23N7O2. The molecule has 0 saturated carbocycles. The molecule has 9 nitrogen and oxygen atoms in total. The predicted molar refractivity (Wildman–Crippen MR) is 108 cm³/mol. The van der Waals surface area contributed by atoms with E-state index in [9.17, 15) is 0 Å². The van der Waals surface area contributed by atoms with Gasteiger partial charge in [-0.2, -0.15) is 15.0 Å². The molecule has 2 aromatic heterocycles. The van der Waals surface area contributed by atoms with E-state index in [4.69, 9.17) is 9.47 Å². The number of benzene rings is 1. The van der Waals surface area contributed by atoms with Gasteiger partial charge in [0, 0.05) is 39.3 Å². The van der Waals surface area contributed by atoms with E-state index >= 15 is 0 Å². The number of anilines is 2. The Labute approximate surface area is 169 Å². The summed E-state index contributed by atoms with van der Waals surface area (Å²) in [4.78, 5) is 17.3. The third-order valence-electron chi connectivity index (χ3n) is 4.42. The molecule has 0 atom stereocenters. The summed E-state index contributed by atoms with van der Waals surface area (Å²) in [6, 6.07) is 13.5. The zero-order chi connectivity index (χ0) is 20.1. The molecule has 0 amide bonds. The van der Waals surface area contributed by atoms with E-state index < -0.39 is 0 Å². The number of rotatable bonds is 7. The van der Waals surface area contributed by atoms with E-state index in [1.54, 1.807) is 12.1 Å². The smallest absolute Gasteiger partial charge is 0.330 e. The van der Waals surface area contributed by atoms with E-state index in [2.05, 4.69) is 30.0 Å². The van der Waals surface area contributed by atoms with Gasteiger partial charge in [0.2, 0.25) is 23.7 Å². The van der Waals surface area contributed by atoms with Crippen LogP contribution in [0.15, 0.2) is 42.5 Å². The molecule has 1 saturated heterocycles. The van der Waals surface area contributed by atoms with E-state index in [1.807, 2.05) is 49.3 Å². The second kappa shape index (κ2) is 8.68. The van der Waals surface area contributed by atoms with Crippen molar-refractivity contribution >= 4 is 11.9 Å². The van der Waals surface area contributed by atoms with Crippen LogP contribution in [-0.4, -0.2) is 52.3 Å². The maximum absolute atomic E-state index is 5.74. The Morgan fingerprint density at radius 1 is 0.897 bits per heavy atom. The molecule has 3 heterocycles. The lowest BCUT2D eigenvalue weighted by Gasteiger charge is -2.18. The van der Waals surface area contributed by atoms with Crippen LogP contribution >= 0.6 is 0 Å². The van der Waals surface area contributed by atoms with Crippen molar-refractivity contribution in [1.82, 2.24) is 25.1 Å². The van der Waals surface area contributed by atoms with Gasteiger partial charge in [-0.25, -0.2) is 0 Å². The Hall–Kier alpha value is -3.49. The van der Waals surface area contributed by atoms with Crippen LogP contribution in [0.25, 0.3) is 0 Å².